The van der Waals surface area contributed by atoms with Gasteiger partial charge in [0.2, 0.25) is 0 Å². The molecule has 152 valence electrons. The van der Waals surface area contributed by atoms with Crippen LogP contribution < -0.4 is 39.8 Å². The van der Waals surface area contributed by atoms with Gasteiger partial charge < -0.3 is 14.8 Å². The molecule has 2 aromatic rings. The van der Waals surface area contributed by atoms with E-state index in [1.54, 1.807) is 6.07 Å². The van der Waals surface area contributed by atoms with Crippen molar-refractivity contribution in [3.05, 3.63) is 54.1 Å². The van der Waals surface area contributed by atoms with Crippen molar-refractivity contribution in [2.45, 2.75) is 69.5 Å². The van der Waals surface area contributed by atoms with Crippen LogP contribution in [0.1, 0.15) is 57.4 Å². The Labute approximate surface area is 196 Å². The number of hydrogen-bond acceptors (Lipinski definition) is 5. The van der Waals surface area contributed by atoms with Crippen molar-refractivity contribution in [3.63, 3.8) is 0 Å². The van der Waals surface area contributed by atoms with Gasteiger partial charge in [-0.1, -0.05) is 69.4 Å². The number of rotatable bonds is 10. The summed E-state index contributed by atoms with van der Waals surface area (Å²) in [5, 5.41) is 3.51. The monoisotopic (exact) mass is 424 g/mol. The summed E-state index contributed by atoms with van der Waals surface area (Å²) in [5.74, 6) is 0. The first-order valence-corrected chi connectivity index (χ1v) is 11.6. The number of nitrogens with zero attached hydrogens (tertiary/aromatic N) is 1. The summed E-state index contributed by atoms with van der Waals surface area (Å²) in [6, 6.07) is 14.7. The average molecular weight is 425 g/mol. The summed E-state index contributed by atoms with van der Waals surface area (Å²) in [4.78, 5) is 2.01. The molecule has 0 aromatic heterocycles. The first-order chi connectivity index (χ1) is 13.5. The predicted octanol–water partition coefficient (Wildman–Crippen LogP) is 2.10. The summed E-state index contributed by atoms with van der Waals surface area (Å²) < 4.78 is 34.4. The van der Waals surface area contributed by atoms with E-state index in [2.05, 4.69) is 29.3 Å². The fourth-order valence-corrected chi connectivity index (χ4v) is 4.26. The molecule has 1 unspecified atom stereocenters. The Morgan fingerprint density at radius 3 is 2.38 bits per heavy atom. The Hall–Kier alpha value is -1.05. The summed E-state index contributed by atoms with van der Waals surface area (Å²) in [6.07, 6.45) is 8.48. The van der Waals surface area contributed by atoms with Crippen LogP contribution in [0.25, 0.3) is 0 Å². The third-order valence-electron chi connectivity index (χ3n) is 5.29. The predicted molar refractivity (Wildman–Crippen MR) is 112 cm³/mol. The van der Waals surface area contributed by atoms with Crippen LogP contribution in [0.5, 0.6) is 0 Å². The summed E-state index contributed by atoms with van der Waals surface area (Å²) >= 11 is 0. The van der Waals surface area contributed by atoms with E-state index in [1.807, 2.05) is 18.2 Å². The fraction of sp³-hybridized carbons (Fsp3) is 0.455. The summed E-state index contributed by atoms with van der Waals surface area (Å²) in [7, 11) is -4.47. The fourth-order valence-electron chi connectivity index (χ4n) is 3.77. The molecule has 3 rings (SSSR count). The molecule has 7 heteroatoms. The van der Waals surface area contributed by atoms with Gasteiger partial charge in [0.1, 0.15) is 10.1 Å². The average Bonchev–Trinajstić information content (AvgIpc) is 3.01. The molecule has 1 N–H and O–H groups in total. The van der Waals surface area contributed by atoms with Gasteiger partial charge in [-0.3, -0.25) is 0 Å². The summed E-state index contributed by atoms with van der Waals surface area (Å²) in [6.45, 7) is 2.89. The molecule has 29 heavy (non-hydrogen) atoms. The quantitative estimate of drug-likeness (QED) is 0.359. The molecule has 1 aliphatic rings. The SMILES string of the molecule is CCCCCCCCC1Nc2ccc(S(=O)(=O)[O-])cc2N1Cc1ccccc1.[Na+]. The van der Waals surface area contributed by atoms with Gasteiger partial charge in [-0.15, -0.1) is 0 Å². The number of fused-ring (bicyclic) bond motifs is 1. The van der Waals surface area contributed by atoms with Gasteiger partial charge in [0.25, 0.3) is 0 Å². The van der Waals surface area contributed by atoms with Crippen molar-refractivity contribution in [1.82, 2.24) is 0 Å². The van der Waals surface area contributed by atoms with Gasteiger partial charge in [0, 0.05) is 6.54 Å². The Kier molecular flexibility index (Phi) is 9.50. The molecular weight excluding hydrogens is 395 g/mol. The molecule has 0 fully saturated rings. The number of unbranched alkanes of at least 4 members (excludes halogenated alkanes) is 5. The van der Waals surface area contributed by atoms with Crippen molar-refractivity contribution in [2.75, 3.05) is 10.2 Å². The van der Waals surface area contributed by atoms with E-state index in [0.29, 0.717) is 6.54 Å². The summed E-state index contributed by atoms with van der Waals surface area (Å²) in [5.41, 5.74) is 2.83. The molecule has 0 amide bonds. The van der Waals surface area contributed by atoms with Crippen LogP contribution in [0.4, 0.5) is 11.4 Å². The van der Waals surface area contributed by atoms with E-state index >= 15 is 0 Å². The van der Waals surface area contributed by atoms with E-state index in [4.69, 9.17) is 0 Å². The van der Waals surface area contributed by atoms with Crippen LogP contribution in [0.2, 0.25) is 0 Å². The second-order valence-corrected chi connectivity index (χ2v) is 8.84. The van der Waals surface area contributed by atoms with Gasteiger partial charge in [0.05, 0.1) is 22.4 Å². The Bertz CT molecular complexity index is 875. The maximum Gasteiger partial charge on any atom is 1.00 e. The van der Waals surface area contributed by atoms with Crippen LogP contribution in [0.3, 0.4) is 0 Å². The molecule has 0 bridgehead atoms. The van der Waals surface area contributed by atoms with Crippen LogP contribution in [0, 0.1) is 0 Å². The van der Waals surface area contributed by atoms with E-state index in [9.17, 15) is 13.0 Å². The largest absolute Gasteiger partial charge is 1.00 e. The molecule has 0 aliphatic carbocycles. The Morgan fingerprint density at radius 2 is 1.69 bits per heavy atom. The molecular formula is C22H29N2NaO3S. The van der Waals surface area contributed by atoms with Gasteiger partial charge in [-0.25, -0.2) is 8.42 Å². The van der Waals surface area contributed by atoms with E-state index in [-0.39, 0.29) is 40.6 Å². The Balaban J connectivity index is 0.00000300. The maximum atomic E-state index is 11.5. The zero-order valence-corrected chi connectivity index (χ0v) is 20.2. The number of nitrogens with one attached hydrogen (secondary N) is 1. The second kappa shape index (κ2) is 11.4. The van der Waals surface area contributed by atoms with E-state index in [1.165, 1.54) is 44.2 Å². The number of anilines is 2. The number of benzene rings is 2. The molecule has 1 heterocycles. The zero-order valence-electron chi connectivity index (χ0n) is 17.4. The van der Waals surface area contributed by atoms with E-state index in [0.717, 1.165) is 29.8 Å². The van der Waals surface area contributed by atoms with Crippen molar-refractivity contribution in [1.29, 1.82) is 0 Å². The molecule has 0 radical (unpaired) electrons. The minimum atomic E-state index is -4.47. The van der Waals surface area contributed by atoms with Crippen molar-refractivity contribution < 1.29 is 42.5 Å². The molecule has 0 spiro atoms. The van der Waals surface area contributed by atoms with Crippen LogP contribution in [-0.2, 0) is 16.7 Å². The van der Waals surface area contributed by atoms with Crippen molar-refractivity contribution >= 4 is 21.5 Å². The molecule has 0 saturated carbocycles. The number of hydrogen-bond donors (Lipinski definition) is 1. The molecule has 2 aromatic carbocycles. The standard InChI is InChI=1S/C22H30N2O3S.Na/c1-2-3-4-5-6-10-13-22-23-20-15-14-19(28(25,26)27)16-21(20)24(22)17-18-11-8-7-9-12-18;/h7-9,11-12,14-16,22-23H,2-6,10,13,17H2,1H3,(H,25,26,27);/q;+1/p-1. The van der Waals surface area contributed by atoms with Gasteiger partial charge in [-0.05, 0) is 36.6 Å². The van der Waals surface area contributed by atoms with Gasteiger partial charge in [-0.2, -0.15) is 0 Å². The third kappa shape index (κ3) is 6.72. The molecule has 5 nitrogen and oxygen atoms in total. The normalized spacial score (nSPS) is 15.5. The van der Waals surface area contributed by atoms with Gasteiger partial charge in [0.15, 0.2) is 0 Å². The van der Waals surface area contributed by atoms with Crippen molar-refractivity contribution in [3.8, 4) is 0 Å². The molecule has 0 saturated heterocycles. The Morgan fingerprint density at radius 1 is 1.00 bits per heavy atom. The van der Waals surface area contributed by atoms with Crippen LogP contribution >= 0.6 is 0 Å². The van der Waals surface area contributed by atoms with Crippen LogP contribution in [0.15, 0.2) is 53.4 Å². The third-order valence-corrected chi connectivity index (χ3v) is 6.12. The second-order valence-electron chi connectivity index (χ2n) is 7.46. The molecule has 1 atom stereocenters. The topological polar surface area (TPSA) is 72.5 Å². The maximum absolute atomic E-state index is 11.5. The van der Waals surface area contributed by atoms with E-state index < -0.39 is 10.1 Å². The minimum Gasteiger partial charge on any atom is -0.744 e. The van der Waals surface area contributed by atoms with Crippen LogP contribution in [-0.4, -0.2) is 19.1 Å². The first-order valence-electron chi connectivity index (χ1n) is 10.2. The minimum absolute atomic E-state index is 0. The van der Waals surface area contributed by atoms with Crippen molar-refractivity contribution in [2.24, 2.45) is 0 Å². The first kappa shape index (κ1) is 24.2. The molecule has 1 aliphatic heterocycles. The smallest absolute Gasteiger partial charge is 0.744 e. The zero-order chi connectivity index (χ0) is 20.0. The van der Waals surface area contributed by atoms with Gasteiger partial charge >= 0.3 is 29.6 Å².